The van der Waals surface area contributed by atoms with Crippen molar-refractivity contribution in [2.24, 2.45) is 4.99 Å². The number of rotatable bonds is 7. The number of alkyl halides is 3. The summed E-state index contributed by atoms with van der Waals surface area (Å²) in [4.78, 5) is 4.44. The minimum Gasteiger partial charge on any atom is -0.484 e. The van der Waals surface area contributed by atoms with Crippen molar-refractivity contribution in [3.8, 4) is 5.75 Å². The minimum atomic E-state index is -4.34. The van der Waals surface area contributed by atoms with Gasteiger partial charge in [-0.2, -0.15) is 13.2 Å². The van der Waals surface area contributed by atoms with Crippen molar-refractivity contribution >= 4 is 5.96 Å². The van der Waals surface area contributed by atoms with Gasteiger partial charge >= 0.3 is 6.18 Å². The molecule has 0 aliphatic heterocycles. The molecule has 1 rings (SSSR count). The second-order valence-electron chi connectivity index (χ2n) is 5.20. The highest BCUT2D eigenvalue weighted by Gasteiger charge is 2.28. The van der Waals surface area contributed by atoms with Crippen molar-refractivity contribution in [3.63, 3.8) is 0 Å². The summed E-state index contributed by atoms with van der Waals surface area (Å²) in [5, 5.41) is 6.39. The first kappa shape index (κ1) is 19.1. The van der Waals surface area contributed by atoms with Crippen molar-refractivity contribution in [3.05, 3.63) is 29.8 Å². The normalized spacial score (nSPS) is 13.6. The summed E-state index contributed by atoms with van der Waals surface area (Å²) in [5.41, 5.74) is 0.783. The predicted octanol–water partition coefficient (Wildman–Crippen LogP) is 3.48. The number of ether oxygens (including phenoxy) is 1. The Kier molecular flexibility index (Phi) is 7.71. The molecule has 0 amide bonds. The van der Waals surface area contributed by atoms with Gasteiger partial charge in [0.1, 0.15) is 5.75 Å². The lowest BCUT2D eigenvalue weighted by Crippen LogP contribution is -2.41. The van der Waals surface area contributed by atoms with E-state index in [4.69, 9.17) is 4.74 Å². The molecule has 130 valence electrons. The fourth-order valence-corrected chi connectivity index (χ4v) is 1.72. The van der Waals surface area contributed by atoms with E-state index in [1.807, 2.05) is 6.92 Å². The molecule has 0 saturated carbocycles. The number of hydrogen-bond acceptors (Lipinski definition) is 2. The Morgan fingerprint density at radius 2 is 2.04 bits per heavy atom. The van der Waals surface area contributed by atoms with Crippen LogP contribution in [-0.4, -0.2) is 31.3 Å². The molecular formula is C16H24F3N3O. The number of nitrogens with one attached hydrogen (secondary N) is 2. The zero-order valence-electron chi connectivity index (χ0n) is 13.7. The molecule has 0 aromatic heterocycles. The van der Waals surface area contributed by atoms with Crippen molar-refractivity contribution in [1.29, 1.82) is 0 Å². The molecule has 0 fully saturated rings. The SMILES string of the molecule is CCNC(=NCc1cccc(OCC(F)(F)F)c1)NC(C)CC. The van der Waals surface area contributed by atoms with Crippen LogP contribution in [0, 0.1) is 0 Å². The van der Waals surface area contributed by atoms with E-state index < -0.39 is 12.8 Å². The predicted molar refractivity (Wildman–Crippen MR) is 85.7 cm³/mol. The van der Waals surface area contributed by atoms with Gasteiger partial charge in [0.2, 0.25) is 0 Å². The first-order valence-corrected chi connectivity index (χ1v) is 7.67. The molecule has 0 bridgehead atoms. The van der Waals surface area contributed by atoms with Crippen LogP contribution in [0.2, 0.25) is 0 Å². The molecule has 7 heteroatoms. The number of halogens is 3. The molecule has 1 unspecified atom stereocenters. The summed E-state index contributed by atoms with van der Waals surface area (Å²) in [6.07, 6.45) is -3.38. The van der Waals surface area contributed by atoms with Crippen molar-refractivity contribution in [2.75, 3.05) is 13.2 Å². The molecule has 1 aromatic carbocycles. The summed E-state index contributed by atoms with van der Waals surface area (Å²) in [6.45, 7) is 5.89. The highest BCUT2D eigenvalue weighted by molar-refractivity contribution is 5.80. The van der Waals surface area contributed by atoms with Crippen LogP contribution < -0.4 is 15.4 Å². The lowest BCUT2D eigenvalue weighted by molar-refractivity contribution is -0.153. The van der Waals surface area contributed by atoms with Gasteiger partial charge in [0.15, 0.2) is 12.6 Å². The maximum Gasteiger partial charge on any atom is 0.422 e. The third-order valence-electron chi connectivity index (χ3n) is 3.06. The number of guanidine groups is 1. The average molecular weight is 331 g/mol. The van der Waals surface area contributed by atoms with Gasteiger partial charge < -0.3 is 15.4 Å². The fraction of sp³-hybridized carbons (Fsp3) is 0.562. The Morgan fingerprint density at radius 3 is 2.65 bits per heavy atom. The highest BCUT2D eigenvalue weighted by atomic mass is 19.4. The van der Waals surface area contributed by atoms with Crippen molar-refractivity contribution < 1.29 is 17.9 Å². The Morgan fingerprint density at radius 1 is 1.30 bits per heavy atom. The first-order valence-electron chi connectivity index (χ1n) is 7.67. The molecule has 0 spiro atoms. The summed E-state index contributed by atoms with van der Waals surface area (Å²) >= 11 is 0. The molecule has 0 heterocycles. The van der Waals surface area contributed by atoms with Crippen molar-refractivity contribution in [2.45, 2.75) is 46.0 Å². The molecule has 0 aliphatic carbocycles. The molecule has 1 aromatic rings. The number of hydrogen-bond donors (Lipinski definition) is 2. The zero-order chi connectivity index (χ0) is 17.3. The third kappa shape index (κ3) is 8.32. The van der Waals surface area contributed by atoms with E-state index in [9.17, 15) is 13.2 Å². The molecule has 0 aliphatic rings. The van der Waals surface area contributed by atoms with Gasteiger partial charge in [0.25, 0.3) is 0 Å². The van der Waals surface area contributed by atoms with E-state index in [1.54, 1.807) is 18.2 Å². The van der Waals surface area contributed by atoms with E-state index in [2.05, 4.69) is 29.5 Å². The zero-order valence-corrected chi connectivity index (χ0v) is 13.7. The van der Waals surface area contributed by atoms with Crippen molar-refractivity contribution in [1.82, 2.24) is 10.6 Å². The number of nitrogens with zero attached hydrogens (tertiary/aromatic N) is 1. The van der Waals surface area contributed by atoms with Crippen LogP contribution in [0.1, 0.15) is 32.8 Å². The van der Waals surface area contributed by atoms with E-state index in [1.165, 1.54) is 6.07 Å². The van der Waals surface area contributed by atoms with Gasteiger partial charge in [-0.1, -0.05) is 19.1 Å². The minimum absolute atomic E-state index is 0.190. The average Bonchev–Trinajstić information content (AvgIpc) is 2.50. The topological polar surface area (TPSA) is 45.7 Å². The number of benzene rings is 1. The Bertz CT molecular complexity index is 504. The van der Waals surface area contributed by atoms with Crippen LogP contribution in [0.4, 0.5) is 13.2 Å². The third-order valence-corrected chi connectivity index (χ3v) is 3.06. The molecule has 2 N–H and O–H groups in total. The van der Waals surface area contributed by atoms with Crippen LogP contribution >= 0.6 is 0 Å². The monoisotopic (exact) mass is 331 g/mol. The van der Waals surface area contributed by atoms with Gasteiger partial charge in [-0.3, -0.25) is 0 Å². The standard InChI is InChI=1S/C16H24F3N3O/c1-4-12(3)22-15(20-5-2)21-10-13-7-6-8-14(9-13)23-11-16(17,18)19/h6-9,12H,4-5,10-11H2,1-3H3,(H2,20,21,22). The Balaban J connectivity index is 2.69. The smallest absolute Gasteiger partial charge is 0.422 e. The molecular weight excluding hydrogens is 307 g/mol. The van der Waals surface area contributed by atoms with Crippen LogP contribution in [0.25, 0.3) is 0 Å². The molecule has 23 heavy (non-hydrogen) atoms. The molecule has 0 saturated heterocycles. The Hall–Kier alpha value is -1.92. The molecule has 1 atom stereocenters. The van der Waals surface area contributed by atoms with E-state index in [0.29, 0.717) is 12.5 Å². The highest BCUT2D eigenvalue weighted by Crippen LogP contribution is 2.19. The summed E-state index contributed by atoms with van der Waals surface area (Å²) in [7, 11) is 0. The van der Waals surface area contributed by atoms with Gasteiger partial charge in [-0.25, -0.2) is 4.99 Å². The maximum atomic E-state index is 12.2. The number of aliphatic imine (C=N–C) groups is 1. The second kappa shape index (κ2) is 9.27. The van der Waals surface area contributed by atoms with Crippen LogP contribution in [0.3, 0.4) is 0 Å². The summed E-state index contributed by atoms with van der Waals surface area (Å²) in [5.74, 6) is 0.873. The van der Waals surface area contributed by atoms with E-state index >= 15 is 0 Å². The maximum absolute atomic E-state index is 12.2. The molecule has 0 radical (unpaired) electrons. The largest absolute Gasteiger partial charge is 0.484 e. The summed E-state index contributed by atoms with van der Waals surface area (Å²) < 4.78 is 41.3. The van der Waals surface area contributed by atoms with E-state index in [0.717, 1.165) is 18.5 Å². The van der Waals surface area contributed by atoms with Crippen LogP contribution in [0.5, 0.6) is 5.75 Å². The fourth-order valence-electron chi connectivity index (χ4n) is 1.72. The Labute approximate surface area is 135 Å². The quantitative estimate of drug-likeness (QED) is 0.594. The van der Waals surface area contributed by atoms with Crippen LogP contribution in [0.15, 0.2) is 29.3 Å². The van der Waals surface area contributed by atoms with Gasteiger partial charge in [-0.15, -0.1) is 0 Å². The van der Waals surface area contributed by atoms with Gasteiger partial charge in [0, 0.05) is 12.6 Å². The van der Waals surface area contributed by atoms with Gasteiger partial charge in [-0.05, 0) is 38.0 Å². The van der Waals surface area contributed by atoms with E-state index in [-0.39, 0.29) is 11.8 Å². The summed E-state index contributed by atoms with van der Waals surface area (Å²) in [6, 6.07) is 6.82. The lowest BCUT2D eigenvalue weighted by Gasteiger charge is -2.16. The first-order chi connectivity index (χ1) is 10.8. The second-order valence-corrected chi connectivity index (χ2v) is 5.20. The lowest BCUT2D eigenvalue weighted by atomic mass is 10.2. The van der Waals surface area contributed by atoms with Gasteiger partial charge in [0.05, 0.1) is 6.54 Å². The molecule has 4 nitrogen and oxygen atoms in total. The van der Waals surface area contributed by atoms with Crippen LogP contribution in [-0.2, 0) is 6.54 Å².